The maximum atomic E-state index is 13.0. The van der Waals surface area contributed by atoms with Crippen LogP contribution in [0.15, 0.2) is 41.0 Å². The van der Waals surface area contributed by atoms with E-state index in [1.807, 2.05) is 0 Å². The second-order valence-electron chi connectivity index (χ2n) is 3.21. The lowest BCUT2D eigenvalue weighted by Crippen LogP contribution is -1.95. The Kier molecular flexibility index (Phi) is 3.00. The summed E-state index contributed by atoms with van der Waals surface area (Å²) in [5.41, 5.74) is 0.245. The SMILES string of the molecule is O=Cc1cc(F)cc(OCc2ccco2)c1. The van der Waals surface area contributed by atoms with Crippen molar-refractivity contribution < 1.29 is 18.3 Å². The van der Waals surface area contributed by atoms with Crippen LogP contribution in [0, 0.1) is 5.82 Å². The summed E-state index contributed by atoms with van der Waals surface area (Å²) in [5, 5.41) is 0. The van der Waals surface area contributed by atoms with E-state index >= 15 is 0 Å². The molecule has 1 heterocycles. The molecule has 0 unspecified atom stereocenters. The zero-order valence-corrected chi connectivity index (χ0v) is 8.35. The zero-order chi connectivity index (χ0) is 11.4. The molecule has 0 saturated carbocycles. The first-order valence-corrected chi connectivity index (χ1v) is 4.69. The van der Waals surface area contributed by atoms with Crippen molar-refractivity contribution in [3.05, 3.63) is 53.7 Å². The molecule has 0 saturated heterocycles. The van der Waals surface area contributed by atoms with Crippen molar-refractivity contribution >= 4 is 6.29 Å². The molecule has 0 radical (unpaired) electrons. The average Bonchev–Trinajstić information content (AvgIpc) is 2.78. The topological polar surface area (TPSA) is 39.4 Å². The molecular weight excluding hydrogens is 211 g/mol. The molecule has 0 fully saturated rings. The molecule has 3 nitrogen and oxygen atoms in total. The molecule has 4 heteroatoms. The number of ether oxygens (including phenoxy) is 1. The second-order valence-corrected chi connectivity index (χ2v) is 3.21. The fourth-order valence-electron chi connectivity index (χ4n) is 1.28. The van der Waals surface area contributed by atoms with Crippen molar-refractivity contribution in [1.82, 2.24) is 0 Å². The number of carbonyl (C=O) groups excluding carboxylic acids is 1. The van der Waals surface area contributed by atoms with E-state index in [1.54, 1.807) is 12.1 Å². The Morgan fingerprint density at radius 3 is 2.94 bits per heavy atom. The van der Waals surface area contributed by atoms with Crippen LogP contribution in [-0.2, 0) is 6.61 Å². The van der Waals surface area contributed by atoms with Gasteiger partial charge >= 0.3 is 0 Å². The number of rotatable bonds is 4. The van der Waals surface area contributed by atoms with Crippen molar-refractivity contribution in [2.75, 3.05) is 0 Å². The third-order valence-electron chi connectivity index (χ3n) is 1.99. The number of halogens is 1. The number of benzene rings is 1. The number of hydrogen-bond acceptors (Lipinski definition) is 3. The van der Waals surface area contributed by atoms with Crippen molar-refractivity contribution in [3.63, 3.8) is 0 Å². The normalized spacial score (nSPS) is 10.1. The van der Waals surface area contributed by atoms with Gasteiger partial charge < -0.3 is 9.15 Å². The van der Waals surface area contributed by atoms with Gasteiger partial charge in [0.05, 0.1) is 6.26 Å². The zero-order valence-electron chi connectivity index (χ0n) is 8.35. The van der Waals surface area contributed by atoms with Crippen LogP contribution in [0.3, 0.4) is 0 Å². The minimum Gasteiger partial charge on any atom is -0.486 e. The van der Waals surface area contributed by atoms with Crippen LogP contribution < -0.4 is 4.74 Å². The van der Waals surface area contributed by atoms with E-state index in [-0.39, 0.29) is 12.2 Å². The first-order valence-electron chi connectivity index (χ1n) is 4.69. The number of aldehydes is 1. The lowest BCUT2D eigenvalue weighted by molar-refractivity contribution is 0.112. The van der Waals surface area contributed by atoms with Gasteiger partial charge in [0.25, 0.3) is 0 Å². The summed E-state index contributed by atoms with van der Waals surface area (Å²) < 4.78 is 23.4. The van der Waals surface area contributed by atoms with E-state index in [0.29, 0.717) is 17.8 Å². The molecule has 0 aliphatic carbocycles. The van der Waals surface area contributed by atoms with Gasteiger partial charge in [0.2, 0.25) is 0 Å². The Balaban J connectivity index is 2.09. The van der Waals surface area contributed by atoms with Gasteiger partial charge in [0, 0.05) is 11.6 Å². The van der Waals surface area contributed by atoms with Crippen LogP contribution in [0.5, 0.6) is 5.75 Å². The van der Waals surface area contributed by atoms with E-state index < -0.39 is 5.82 Å². The van der Waals surface area contributed by atoms with Gasteiger partial charge in [-0.05, 0) is 24.3 Å². The van der Waals surface area contributed by atoms with Crippen LogP contribution >= 0.6 is 0 Å². The maximum Gasteiger partial charge on any atom is 0.150 e. The number of carbonyl (C=O) groups is 1. The van der Waals surface area contributed by atoms with Crippen molar-refractivity contribution in [2.24, 2.45) is 0 Å². The maximum absolute atomic E-state index is 13.0. The van der Waals surface area contributed by atoms with Gasteiger partial charge in [-0.15, -0.1) is 0 Å². The smallest absolute Gasteiger partial charge is 0.150 e. The van der Waals surface area contributed by atoms with E-state index in [9.17, 15) is 9.18 Å². The quantitative estimate of drug-likeness (QED) is 0.744. The fraction of sp³-hybridized carbons (Fsp3) is 0.0833. The Morgan fingerprint density at radius 1 is 1.38 bits per heavy atom. The van der Waals surface area contributed by atoms with Crippen LogP contribution in [0.1, 0.15) is 16.1 Å². The second kappa shape index (κ2) is 4.61. The molecule has 1 aromatic heterocycles. The van der Waals surface area contributed by atoms with Gasteiger partial charge in [-0.1, -0.05) is 0 Å². The minimum absolute atomic E-state index is 0.203. The van der Waals surface area contributed by atoms with E-state index in [4.69, 9.17) is 9.15 Å². The van der Waals surface area contributed by atoms with Gasteiger partial charge in [0.1, 0.15) is 30.2 Å². The highest BCUT2D eigenvalue weighted by molar-refractivity contribution is 5.75. The first kappa shape index (κ1) is 10.4. The van der Waals surface area contributed by atoms with Crippen LogP contribution in [-0.4, -0.2) is 6.29 Å². The molecule has 82 valence electrons. The molecule has 2 rings (SSSR count). The lowest BCUT2D eigenvalue weighted by atomic mass is 10.2. The summed E-state index contributed by atoms with van der Waals surface area (Å²) in [5.74, 6) is 0.439. The molecule has 0 aliphatic heterocycles. The van der Waals surface area contributed by atoms with Crippen LogP contribution in [0.2, 0.25) is 0 Å². The summed E-state index contributed by atoms with van der Waals surface area (Å²) in [6, 6.07) is 7.32. The van der Waals surface area contributed by atoms with E-state index in [0.717, 1.165) is 6.07 Å². The van der Waals surface area contributed by atoms with Gasteiger partial charge in [-0.3, -0.25) is 4.79 Å². The molecule has 0 bridgehead atoms. The minimum atomic E-state index is -0.501. The standard InChI is InChI=1S/C12H9FO3/c13-10-4-9(7-14)5-12(6-10)16-8-11-2-1-3-15-11/h1-7H,8H2. The fourth-order valence-corrected chi connectivity index (χ4v) is 1.28. The van der Waals surface area contributed by atoms with Gasteiger partial charge in [-0.25, -0.2) is 4.39 Å². The highest BCUT2D eigenvalue weighted by Crippen LogP contribution is 2.17. The highest BCUT2D eigenvalue weighted by Gasteiger charge is 2.02. The monoisotopic (exact) mass is 220 g/mol. The molecule has 16 heavy (non-hydrogen) atoms. The molecule has 0 amide bonds. The summed E-state index contributed by atoms with van der Waals surface area (Å²) in [6.07, 6.45) is 2.10. The third-order valence-corrected chi connectivity index (χ3v) is 1.99. The molecule has 0 atom stereocenters. The molecule has 0 N–H and O–H groups in total. The van der Waals surface area contributed by atoms with Crippen molar-refractivity contribution in [3.8, 4) is 5.75 Å². The largest absolute Gasteiger partial charge is 0.486 e. The van der Waals surface area contributed by atoms with Gasteiger partial charge in [0.15, 0.2) is 0 Å². The molecule has 2 aromatic rings. The molecule has 1 aromatic carbocycles. The van der Waals surface area contributed by atoms with Crippen LogP contribution in [0.4, 0.5) is 4.39 Å². The number of hydrogen-bond donors (Lipinski definition) is 0. The van der Waals surface area contributed by atoms with E-state index in [1.165, 1.54) is 18.4 Å². The first-order chi connectivity index (χ1) is 7.78. The summed E-state index contributed by atoms with van der Waals surface area (Å²) in [7, 11) is 0. The summed E-state index contributed by atoms with van der Waals surface area (Å²) >= 11 is 0. The Labute approximate surface area is 91.5 Å². The molecule has 0 spiro atoms. The summed E-state index contributed by atoms with van der Waals surface area (Å²) in [6.45, 7) is 0.203. The van der Waals surface area contributed by atoms with Crippen molar-refractivity contribution in [2.45, 2.75) is 6.61 Å². The average molecular weight is 220 g/mol. The highest BCUT2D eigenvalue weighted by atomic mass is 19.1. The Bertz CT molecular complexity index is 477. The number of furan rings is 1. The van der Waals surface area contributed by atoms with E-state index in [2.05, 4.69) is 0 Å². The predicted octanol–water partition coefficient (Wildman–Crippen LogP) is 2.81. The summed E-state index contributed by atoms with van der Waals surface area (Å²) in [4.78, 5) is 10.5. The predicted molar refractivity (Wildman–Crippen MR) is 54.8 cm³/mol. The lowest BCUT2D eigenvalue weighted by Gasteiger charge is -2.04. The van der Waals surface area contributed by atoms with Crippen LogP contribution in [0.25, 0.3) is 0 Å². The molecule has 0 aliphatic rings. The molecular formula is C12H9FO3. The Morgan fingerprint density at radius 2 is 2.25 bits per heavy atom. The van der Waals surface area contributed by atoms with Gasteiger partial charge in [-0.2, -0.15) is 0 Å². The Hall–Kier alpha value is -2.10. The van der Waals surface area contributed by atoms with Crippen molar-refractivity contribution in [1.29, 1.82) is 0 Å². The third kappa shape index (κ3) is 2.48.